The van der Waals surface area contributed by atoms with Crippen molar-refractivity contribution in [3.05, 3.63) is 11.6 Å². The number of methoxy groups -OCH3 is 1. The summed E-state index contributed by atoms with van der Waals surface area (Å²) in [7, 11) is 1.25. The van der Waals surface area contributed by atoms with E-state index in [1.807, 2.05) is 13.0 Å². The van der Waals surface area contributed by atoms with Crippen LogP contribution in [-0.2, 0) is 9.53 Å². The topological polar surface area (TPSA) is 66.8 Å². The standard InChI is InChI=1S/C10H15NO4/c1-4-7-5-11(10(14)15-3)8(6(7)2)9(12)13/h4,6,8H,5H2,1-3H3,(H,12,13)/b7-4+/t6-,8-/m1/s1. The number of likely N-dealkylation sites (tertiary alicyclic amines) is 1. The molecule has 1 N–H and O–H groups in total. The second-order valence-corrected chi connectivity index (χ2v) is 3.53. The van der Waals surface area contributed by atoms with Crippen molar-refractivity contribution in [1.29, 1.82) is 0 Å². The van der Waals surface area contributed by atoms with Crippen molar-refractivity contribution >= 4 is 12.1 Å². The maximum Gasteiger partial charge on any atom is 0.410 e. The molecule has 0 aliphatic carbocycles. The molecule has 5 nitrogen and oxygen atoms in total. The average Bonchev–Trinajstić information content (AvgIpc) is 2.54. The summed E-state index contributed by atoms with van der Waals surface area (Å²) in [5, 5.41) is 9.04. The monoisotopic (exact) mass is 213 g/mol. The first-order chi connectivity index (χ1) is 7.02. The van der Waals surface area contributed by atoms with Gasteiger partial charge in [0.15, 0.2) is 0 Å². The second kappa shape index (κ2) is 4.33. The Kier molecular flexibility index (Phi) is 3.34. The summed E-state index contributed by atoms with van der Waals surface area (Å²) in [6.45, 7) is 3.98. The third-order valence-corrected chi connectivity index (χ3v) is 2.78. The highest BCUT2D eigenvalue weighted by Gasteiger charge is 2.42. The van der Waals surface area contributed by atoms with Crippen molar-refractivity contribution in [1.82, 2.24) is 4.90 Å². The molecule has 84 valence electrons. The summed E-state index contributed by atoms with van der Waals surface area (Å²) < 4.78 is 4.55. The summed E-state index contributed by atoms with van der Waals surface area (Å²) in [6.07, 6.45) is 1.26. The number of allylic oxidation sites excluding steroid dienone is 1. The molecule has 0 spiro atoms. The van der Waals surface area contributed by atoms with Crippen molar-refractivity contribution in [2.24, 2.45) is 5.92 Å². The number of nitrogens with zero attached hydrogens (tertiary/aromatic N) is 1. The van der Waals surface area contributed by atoms with Crippen molar-refractivity contribution in [3.63, 3.8) is 0 Å². The SMILES string of the molecule is C/C=C1\CN(C(=O)OC)[C@@H](C(=O)O)[C@@H]1C. The van der Waals surface area contributed by atoms with E-state index in [9.17, 15) is 9.59 Å². The number of hydrogen-bond acceptors (Lipinski definition) is 3. The fourth-order valence-electron chi connectivity index (χ4n) is 1.91. The highest BCUT2D eigenvalue weighted by molar-refractivity contribution is 5.82. The summed E-state index contributed by atoms with van der Waals surface area (Å²) >= 11 is 0. The minimum atomic E-state index is -0.996. The Morgan fingerprint density at radius 3 is 2.60 bits per heavy atom. The Bertz CT molecular complexity index is 311. The molecule has 0 unspecified atom stereocenters. The third-order valence-electron chi connectivity index (χ3n) is 2.78. The summed E-state index contributed by atoms with van der Waals surface area (Å²) in [5.74, 6) is -1.16. The lowest BCUT2D eigenvalue weighted by atomic mass is 9.98. The minimum absolute atomic E-state index is 0.161. The predicted molar refractivity (Wildman–Crippen MR) is 53.5 cm³/mol. The van der Waals surface area contributed by atoms with Crippen LogP contribution in [0.5, 0.6) is 0 Å². The first-order valence-electron chi connectivity index (χ1n) is 4.75. The zero-order chi connectivity index (χ0) is 11.6. The van der Waals surface area contributed by atoms with Crippen LogP contribution >= 0.6 is 0 Å². The van der Waals surface area contributed by atoms with Crippen LogP contribution in [0, 0.1) is 5.92 Å². The van der Waals surface area contributed by atoms with E-state index in [0.717, 1.165) is 5.57 Å². The smallest absolute Gasteiger partial charge is 0.410 e. The fraction of sp³-hybridized carbons (Fsp3) is 0.600. The van der Waals surface area contributed by atoms with Crippen LogP contribution in [0.2, 0.25) is 0 Å². The number of ether oxygens (including phenoxy) is 1. The molecule has 0 aromatic rings. The lowest BCUT2D eigenvalue weighted by molar-refractivity contribution is -0.142. The van der Waals surface area contributed by atoms with Crippen LogP contribution in [0.15, 0.2) is 11.6 Å². The molecule has 1 fully saturated rings. The number of carboxylic acid groups (broad SMARTS) is 1. The van der Waals surface area contributed by atoms with Crippen LogP contribution in [-0.4, -0.2) is 41.8 Å². The summed E-state index contributed by atoms with van der Waals surface area (Å²) in [5.41, 5.74) is 0.952. The molecular weight excluding hydrogens is 198 g/mol. The Balaban J connectivity index is 2.97. The summed E-state index contributed by atoms with van der Waals surface area (Å²) in [6, 6.07) is -0.816. The molecule has 0 bridgehead atoms. The van der Waals surface area contributed by atoms with Gasteiger partial charge in [-0.25, -0.2) is 9.59 Å². The number of carbonyl (C=O) groups is 2. The molecular formula is C10H15NO4. The molecule has 1 rings (SSSR count). The van der Waals surface area contributed by atoms with Gasteiger partial charge in [-0.05, 0) is 12.5 Å². The van der Waals surface area contributed by atoms with Gasteiger partial charge in [0.25, 0.3) is 0 Å². The average molecular weight is 213 g/mol. The van der Waals surface area contributed by atoms with Crippen LogP contribution in [0.4, 0.5) is 4.79 Å². The second-order valence-electron chi connectivity index (χ2n) is 3.53. The number of hydrogen-bond donors (Lipinski definition) is 1. The Morgan fingerprint density at radius 1 is 1.60 bits per heavy atom. The zero-order valence-electron chi connectivity index (χ0n) is 9.06. The molecule has 0 aromatic heterocycles. The summed E-state index contributed by atoms with van der Waals surface area (Å²) in [4.78, 5) is 23.6. The highest BCUT2D eigenvalue weighted by Crippen LogP contribution is 2.29. The Hall–Kier alpha value is -1.52. The normalized spacial score (nSPS) is 28.2. The molecule has 2 atom stereocenters. The molecule has 15 heavy (non-hydrogen) atoms. The predicted octanol–water partition coefficient (Wildman–Crippen LogP) is 1.10. The van der Waals surface area contributed by atoms with E-state index in [4.69, 9.17) is 5.11 Å². The lowest BCUT2D eigenvalue weighted by Gasteiger charge is -2.20. The fourth-order valence-corrected chi connectivity index (χ4v) is 1.91. The van der Waals surface area contributed by atoms with Gasteiger partial charge >= 0.3 is 12.1 Å². The maximum atomic E-state index is 11.3. The molecule has 0 aromatic carbocycles. The van der Waals surface area contributed by atoms with Gasteiger partial charge in [0.1, 0.15) is 6.04 Å². The number of aliphatic carboxylic acids is 1. The number of rotatable bonds is 1. The van der Waals surface area contributed by atoms with Gasteiger partial charge in [0, 0.05) is 12.5 Å². The van der Waals surface area contributed by atoms with Gasteiger partial charge in [-0.15, -0.1) is 0 Å². The van der Waals surface area contributed by atoms with Crippen LogP contribution in [0.1, 0.15) is 13.8 Å². The number of amides is 1. The van der Waals surface area contributed by atoms with Crippen molar-refractivity contribution in [3.8, 4) is 0 Å². The molecule has 5 heteroatoms. The van der Waals surface area contributed by atoms with Crippen molar-refractivity contribution < 1.29 is 19.4 Å². The Labute approximate surface area is 88.3 Å². The maximum absolute atomic E-state index is 11.3. The molecule has 1 aliphatic rings. The van der Waals surface area contributed by atoms with E-state index in [1.54, 1.807) is 6.92 Å². The van der Waals surface area contributed by atoms with E-state index in [-0.39, 0.29) is 5.92 Å². The lowest BCUT2D eigenvalue weighted by Crippen LogP contribution is -2.42. The van der Waals surface area contributed by atoms with Gasteiger partial charge in [-0.2, -0.15) is 0 Å². The van der Waals surface area contributed by atoms with Gasteiger partial charge < -0.3 is 9.84 Å². The van der Waals surface area contributed by atoms with E-state index in [0.29, 0.717) is 6.54 Å². The van der Waals surface area contributed by atoms with E-state index >= 15 is 0 Å². The molecule has 1 saturated heterocycles. The van der Waals surface area contributed by atoms with Gasteiger partial charge in [-0.1, -0.05) is 13.0 Å². The zero-order valence-corrected chi connectivity index (χ0v) is 9.06. The van der Waals surface area contributed by atoms with Gasteiger partial charge in [0.2, 0.25) is 0 Å². The van der Waals surface area contributed by atoms with E-state index < -0.39 is 18.1 Å². The van der Waals surface area contributed by atoms with E-state index in [2.05, 4.69) is 4.74 Å². The number of carboxylic acids is 1. The Morgan fingerprint density at radius 2 is 2.20 bits per heavy atom. The van der Waals surface area contributed by atoms with Crippen LogP contribution in [0.25, 0.3) is 0 Å². The van der Waals surface area contributed by atoms with E-state index in [1.165, 1.54) is 12.0 Å². The molecule has 1 amide bonds. The third kappa shape index (κ3) is 1.95. The molecule has 1 heterocycles. The quantitative estimate of drug-likeness (QED) is 0.662. The molecule has 1 aliphatic heterocycles. The first kappa shape index (κ1) is 11.6. The molecule has 0 saturated carbocycles. The van der Waals surface area contributed by atoms with Crippen molar-refractivity contribution in [2.75, 3.05) is 13.7 Å². The largest absolute Gasteiger partial charge is 0.480 e. The molecule has 0 radical (unpaired) electrons. The minimum Gasteiger partial charge on any atom is -0.480 e. The van der Waals surface area contributed by atoms with Gasteiger partial charge in [0.05, 0.1) is 7.11 Å². The van der Waals surface area contributed by atoms with Crippen LogP contribution in [0.3, 0.4) is 0 Å². The first-order valence-corrected chi connectivity index (χ1v) is 4.75. The number of carbonyl (C=O) groups excluding carboxylic acids is 1. The highest BCUT2D eigenvalue weighted by atomic mass is 16.5. The van der Waals surface area contributed by atoms with Crippen molar-refractivity contribution in [2.45, 2.75) is 19.9 Å². The van der Waals surface area contributed by atoms with Crippen LogP contribution < -0.4 is 0 Å². The van der Waals surface area contributed by atoms with Gasteiger partial charge in [-0.3, -0.25) is 4.90 Å².